The summed E-state index contributed by atoms with van der Waals surface area (Å²) in [5, 5.41) is 8.67. The van der Waals surface area contributed by atoms with Crippen LogP contribution in [0.2, 0.25) is 0 Å². The second-order valence-electron chi connectivity index (χ2n) is 2.15. The molecular weight excluding hydrogens is 203 g/mol. The first-order chi connectivity index (χ1) is 6.03. The van der Waals surface area contributed by atoms with Gasteiger partial charge in [-0.3, -0.25) is 4.98 Å². The third-order valence-electron chi connectivity index (χ3n) is 1.22. The number of thioether (sulfide) groups is 1. The Balaban J connectivity index is 2.87. The number of halogens is 3. The first kappa shape index (κ1) is 10.3. The summed E-state index contributed by atoms with van der Waals surface area (Å²) < 4.78 is 35.7. The Labute approximate surface area is 76.8 Å². The van der Waals surface area contributed by atoms with Gasteiger partial charge in [0.2, 0.25) is 0 Å². The molecule has 0 bridgehead atoms. The Morgan fingerprint density at radius 3 is 2.69 bits per heavy atom. The predicted molar refractivity (Wildman–Crippen MR) is 42.1 cm³/mol. The first-order valence-corrected chi connectivity index (χ1v) is 4.15. The van der Waals surface area contributed by atoms with Crippen molar-refractivity contribution < 1.29 is 18.3 Å². The molecular formula is C7H6F3NOS. The van der Waals surface area contributed by atoms with Crippen LogP contribution in [0.4, 0.5) is 13.2 Å². The van der Waals surface area contributed by atoms with E-state index >= 15 is 0 Å². The molecule has 6 heteroatoms. The summed E-state index contributed by atoms with van der Waals surface area (Å²) in [7, 11) is 0. The van der Waals surface area contributed by atoms with E-state index in [1.807, 2.05) is 0 Å². The molecule has 1 heterocycles. The van der Waals surface area contributed by atoms with Crippen molar-refractivity contribution in [2.75, 3.05) is 0 Å². The maximum absolute atomic E-state index is 11.9. The highest BCUT2D eigenvalue weighted by atomic mass is 32.2. The fourth-order valence-electron chi connectivity index (χ4n) is 0.760. The van der Waals surface area contributed by atoms with E-state index in [4.69, 9.17) is 5.11 Å². The Morgan fingerprint density at radius 1 is 1.46 bits per heavy atom. The number of aliphatic hydroxyl groups is 1. The van der Waals surface area contributed by atoms with E-state index in [0.29, 0.717) is 0 Å². The number of alkyl halides is 3. The molecule has 0 saturated carbocycles. The molecule has 0 fully saturated rings. The largest absolute Gasteiger partial charge is 0.446 e. The summed E-state index contributed by atoms with van der Waals surface area (Å²) in [6, 6.07) is 2.67. The molecule has 0 unspecified atom stereocenters. The van der Waals surface area contributed by atoms with Gasteiger partial charge in [0.25, 0.3) is 0 Å². The average molecular weight is 209 g/mol. The molecule has 1 aromatic rings. The zero-order chi connectivity index (χ0) is 9.90. The smallest absolute Gasteiger partial charge is 0.390 e. The Morgan fingerprint density at radius 2 is 2.15 bits per heavy atom. The third-order valence-corrected chi connectivity index (χ3v) is 2.05. The van der Waals surface area contributed by atoms with E-state index in [2.05, 4.69) is 4.98 Å². The lowest BCUT2D eigenvalue weighted by Crippen LogP contribution is -2.02. The highest BCUT2D eigenvalue weighted by molar-refractivity contribution is 8.00. The number of nitrogens with zero attached hydrogens (tertiary/aromatic N) is 1. The van der Waals surface area contributed by atoms with Crippen molar-refractivity contribution in [3.8, 4) is 0 Å². The van der Waals surface area contributed by atoms with Crippen molar-refractivity contribution in [1.29, 1.82) is 0 Å². The molecule has 0 aliphatic rings. The first-order valence-electron chi connectivity index (χ1n) is 3.33. The monoisotopic (exact) mass is 209 g/mol. The van der Waals surface area contributed by atoms with Gasteiger partial charge in [0, 0.05) is 11.1 Å². The summed E-state index contributed by atoms with van der Waals surface area (Å²) in [5.74, 6) is 0. The molecule has 1 aromatic heterocycles. The molecule has 1 N–H and O–H groups in total. The zero-order valence-electron chi connectivity index (χ0n) is 6.38. The van der Waals surface area contributed by atoms with Crippen molar-refractivity contribution in [2.45, 2.75) is 17.0 Å². The fraction of sp³-hybridized carbons (Fsp3) is 0.286. The minimum Gasteiger partial charge on any atom is -0.390 e. The summed E-state index contributed by atoms with van der Waals surface area (Å²) >= 11 is -0.271. The number of rotatable bonds is 2. The van der Waals surface area contributed by atoms with Crippen LogP contribution in [-0.4, -0.2) is 15.6 Å². The Kier molecular flexibility index (Phi) is 3.16. The van der Waals surface area contributed by atoms with Crippen LogP contribution in [-0.2, 0) is 6.61 Å². The fourth-order valence-corrected chi connectivity index (χ4v) is 1.39. The minimum atomic E-state index is -4.34. The summed E-state index contributed by atoms with van der Waals surface area (Å²) in [4.78, 5) is 3.55. The van der Waals surface area contributed by atoms with E-state index in [1.54, 1.807) is 0 Å². The van der Waals surface area contributed by atoms with Gasteiger partial charge in [-0.2, -0.15) is 13.2 Å². The molecule has 0 radical (unpaired) electrons. The lowest BCUT2D eigenvalue weighted by Gasteiger charge is -2.07. The van der Waals surface area contributed by atoms with E-state index in [0.717, 1.165) is 0 Å². The van der Waals surface area contributed by atoms with Crippen LogP contribution in [0, 0.1) is 0 Å². The van der Waals surface area contributed by atoms with Crippen molar-refractivity contribution >= 4 is 11.8 Å². The van der Waals surface area contributed by atoms with Crippen LogP contribution in [0.25, 0.3) is 0 Å². The molecule has 0 aliphatic heterocycles. The van der Waals surface area contributed by atoms with Crippen molar-refractivity contribution in [2.24, 2.45) is 0 Å². The maximum atomic E-state index is 11.9. The molecule has 0 spiro atoms. The van der Waals surface area contributed by atoms with Gasteiger partial charge in [0.05, 0.1) is 12.3 Å². The van der Waals surface area contributed by atoms with Crippen molar-refractivity contribution in [3.63, 3.8) is 0 Å². The van der Waals surface area contributed by atoms with Crippen LogP contribution in [0.5, 0.6) is 0 Å². The molecule has 0 atom stereocenters. The van der Waals surface area contributed by atoms with Crippen LogP contribution in [0.15, 0.2) is 23.2 Å². The second-order valence-corrected chi connectivity index (χ2v) is 3.26. The van der Waals surface area contributed by atoms with Gasteiger partial charge in [-0.05, 0) is 23.9 Å². The van der Waals surface area contributed by atoms with Gasteiger partial charge in [-0.1, -0.05) is 0 Å². The van der Waals surface area contributed by atoms with Crippen LogP contribution in [0.1, 0.15) is 5.69 Å². The number of aromatic nitrogens is 1. The van der Waals surface area contributed by atoms with Crippen molar-refractivity contribution in [3.05, 3.63) is 24.0 Å². The van der Waals surface area contributed by atoms with Crippen LogP contribution >= 0.6 is 11.8 Å². The lowest BCUT2D eigenvalue weighted by molar-refractivity contribution is -0.0328. The van der Waals surface area contributed by atoms with Gasteiger partial charge in [0.15, 0.2) is 0 Å². The predicted octanol–water partition coefficient (Wildman–Crippen LogP) is 2.19. The molecule has 1 rings (SSSR count). The van der Waals surface area contributed by atoms with E-state index in [9.17, 15) is 13.2 Å². The van der Waals surface area contributed by atoms with Gasteiger partial charge >= 0.3 is 5.51 Å². The highest BCUT2D eigenvalue weighted by Crippen LogP contribution is 2.37. The molecule has 0 aliphatic carbocycles. The highest BCUT2D eigenvalue weighted by Gasteiger charge is 2.30. The van der Waals surface area contributed by atoms with E-state index < -0.39 is 12.1 Å². The topological polar surface area (TPSA) is 33.1 Å². The molecule has 0 aromatic carbocycles. The van der Waals surface area contributed by atoms with Gasteiger partial charge in [-0.25, -0.2) is 0 Å². The van der Waals surface area contributed by atoms with Crippen LogP contribution < -0.4 is 0 Å². The quantitative estimate of drug-likeness (QED) is 0.758. The van der Waals surface area contributed by atoms with Gasteiger partial charge in [0.1, 0.15) is 0 Å². The molecule has 0 amide bonds. The number of pyridine rings is 1. The number of hydrogen-bond donors (Lipinski definition) is 1. The lowest BCUT2D eigenvalue weighted by atomic mass is 10.4. The summed E-state index contributed by atoms with van der Waals surface area (Å²) in [5.41, 5.74) is -4.29. The second kappa shape index (κ2) is 3.97. The maximum Gasteiger partial charge on any atom is 0.446 e. The van der Waals surface area contributed by atoms with Crippen molar-refractivity contribution in [1.82, 2.24) is 4.98 Å². The third kappa shape index (κ3) is 3.23. The van der Waals surface area contributed by atoms with Gasteiger partial charge < -0.3 is 5.11 Å². The molecule has 13 heavy (non-hydrogen) atoms. The number of aliphatic hydroxyl groups excluding tert-OH is 1. The van der Waals surface area contributed by atoms with Gasteiger partial charge in [-0.15, -0.1) is 0 Å². The Bertz CT molecular complexity index is 289. The van der Waals surface area contributed by atoms with E-state index in [-0.39, 0.29) is 22.4 Å². The summed E-state index contributed by atoms with van der Waals surface area (Å²) in [6.07, 6.45) is 1.34. The molecule has 72 valence electrons. The number of hydrogen-bond acceptors (Lipinski definition) is 3. The molecule has 0 saturated heterocycles. The summed E-state index contributed by atoms with van der Waals surface area (Å²) in [6.45, 7) is -0.487. The van der Waals surface area contributed by atoms with E-state index in [1.165, 1.54) is 18.3 Å². The van der Waals surface area contributed by atoms with Crippen LogP contribution in [0.3, 0.4) is 0 Å². The standard InChI is InChI=1S/C7H6F3NOS/c8-7(9,10)13-6-2-1-3-11-5(6)4-12/h1-3,12H,4H2. The zero-order valence-corrected chi connectivity index (χ0v) is 7.19. The molecule has 2 nitrogen and oxygen atoms in total. The normalized spacial score (nSPS) is 11.7. The Hall–Kier alpha value is -0.750. The SMILES string of the molecule is OCc1ncccc1SC(F)(F)F. The minimum absolute atomic E-state index is 0.0461. The average Bonchev–Trinajstić information content (AvgIpc) is 2.02.